The van der Waals surface area contributed by atoms with Crippen molar-refractivity contribution in [3.63, 3.8) is 0 Å². The molecule has 1 atom stereocenters. The second kappa shape index (κ2) is 12.0. The first kappa shape index (κ1) is 28.1. The molecule has 1 aromatic heterocycles. The van der Waals surface area contributed by atoms with Crippen LogP contribution in [0, 0.1) is 0 Å². The second-order valence-corrected chi connectivity index (χ2v) is 9.83. The van der Waals surface area contributed by atoms with E-state index in [4.69, 9.17) is 42.1 Å². The summed E-state index contributed by atoms with van der Waals surface area (Å²) in [7, 11) is 4.63. The fraction of sp³-hybridized carbons (Fsp3) is 0.207. The van der Waals surface area contributed by atoms with Gasteiger partial charge in [-0.05, 0) is 48.9 Å². The summed E-state index contributed by atoms with van der Waals surface area (Å²) in [6.45, 7) is 1.95. The molecule has 0 radical (unpaired) electrons. The Kier molecular flexibility index (Phi) is 8.23. The lowest BCUT2D eigenvalue weighted by Gasteiger charge is -2.29. The van der Waals surface area contributed by atoms with Gasteiger partial charge >= 0.3 is 0 Å². The number of nitrogens with one attached hydrogen (secondary N) is 2. The van der Waals surface area contributed by atoms with Crippen molar-refractivity contribution in [3.05, 3.63) is 93.4 Å². The van der Waals surface area contributed by atoms with E-state index in [1.165, 1.54) is 13.4 Å². The third-order valence-corrected chi connectivity index (χ3v) is 7.34. The van der Waals surface area contributed by atoms with Crippen LogP contribution >= 0.6 is 23.2 Å². The number of hydrogen-bond donors (Lipinski definition) is 2. The number of carbonyl (C=O) groups is 1. The molecule has 4 aromatic rings. The van der Waals surface area contributed by atoms with Gasteiger partial charge in [-0.1, -0.05) is 35.3 Å². The Hall–Kier alpha value is -4.41. The van der Waals surface area contributed by atoms with E-state index in [1.807, 2.05) is 13.0 Å². The fourth-order valence-electron chi connectivity index (χ4n) is 4.59. The Balaban J connectivity index is 1.49. The van der Waals surface area contributed by atoms with Crippen LogP contribution in [-0.4, -0.2) is 42.0 Å². The van der Waals surface area contributed by atoms with Gasteiger partial charge in [0.1, 0.15) is 30.5 Å². The standard InChI is InChI=1S/C29H27Cl2N5O5/c1-16-26(28(37)35-22-13-18(38-2)9-11-23(22)39-3)27(36-29(34-16)32-15-33-36)17-8-10-24(25(12-17)40-4)41-14-19-20(30)6-5-7-21(19)31/h5-13,15,27H,14H2,1-4H3,(H,35,37)(H,32,33,34)/t27-/m0/s1. The molecule has 1 amide bonds. The lowest BCUT2D eigenvalue weighted by atomic mass is 9.94. The van der Waals surface area contributed by atoms with Crippen molar-refractivity contribution in [2.45, 2.75) is 19.6 Å². The molecule has 41 heavy (non-hydrogen) atoms. The van der Waals surface area contributed by atoms with Gasteiger partial charge in [-0.25, -0.2) is 4.68 Å². The van der Waals surface area contributed by atoms with Crippen molar-refractivity contribution in [1.29, 1.82) is 0 Å². The molecule has 1 aliphatic rings. The van der Waals surface area contributed by atoms with Gasteiger partial charge in [0, 0.05) is 27.4 Å². The lowest BCUT2D eigenvalue weighted by molar-refractivity contribution is -0.113. The van der Waals surface area contributed by atoms with Crippen molar-refractivity contribution in [1.82, 2.24) is 14.8 Å². The molecule has 0 saturated heterocycles. The summed E-state index contributed by atoms with van der Waals surface area (Å²) in [4.78, 5) is 18.2. The first-order valence-electron chi connectivity index (χ1n) is 12.5. The molecule has 1 aliphatic heterocycles. The number of amides is 1. The average Bonchev–Trinajstić information content (AvgIpc) is 3.44. The third kappa shape index (κ3) is 5.61. The number of ether oxygens (including phenoxy) is 4. The van der Waals surface area contributed by atoms with Crippen LogP contribution in [0.2, 0.25) is 10.0 Å². The minimum atomic E-state index is -0.633. The van der Waals surface area contributed by atoms with Crippen LogP contribution in [0.3, 0.4) is 0 Å². The van der Waals surface area contributed by atoms with Gasteiger partial charge in [-0.3, -0.25) is 4.79 Å². The number of methoxy groups -OCH3 is 3. The third-order valence-electron chi connectivity index (χ3n) is 6.63. The minimum Gasteiger partial charge on any atom is -0.497 e. The Morgan fingerprint density at radius 1 is 0.976 bits per heavy atom. The fourth-order valence-corrected chi connectivity index (χ4v) is 5.09. The van der Waals surface area contributed by atoms with Crippen molar-refractivity contribution >= 4 is 40.7 Å². The van der Waals surface area contributed by atoms with Crippen LogP contribution in [-0.2, 0) is 11.4 Å². The molecule has 0 spiro atoms. The summed E-state index contributed by atoms with van der Waals surface area (Å²) in [5.74, 6) is 2.13. The van der Waals surface area contributed by atoms with Gasteiger partial charge in [-0.2, -0.15) is 10.1 Å². The molecule has 2 heterocycles. The number of halogens is 2. The van der Waals surface area contributed by atoms with Crippen LogP contribution in [0.1, 0.15) is 24.1 Å². The molecule has 10 nitrogen and oxygen atoms in total. The number of benzene rings is 3. The van der Waals surface area contributed by atoms with Crippen molar-refractivity contribution < 1.29 is 23.7 Å². The van der Waals surface area contributed by atoms with Crippen molar-refractivity contribution in [2.24, 2.45) is 0 Å². The number of rotatable bonds is 9. The van der Waals surface area contributed by atoms with Gasteiger partial charge in [0.2, 0.25) is 5.95 Å². The lowest BCUT2D eigenvalue weighted by Crippen LogP contribution is -2.31. The molecule has 5 rings (SSSR count). The quantitative estimate of drug-likeness (QED) is 0.238. The summed E-state index contributed by atoms with van der Waals surface area (Å²) >= 11 is 12.6. The van der Waals surface area contributed by atoms with E-state index < -0.39 is 6.04 Å². The number of nitrogens with zero attached hydrogens (tertiary/aromatic N) is 3. The Bertz CT molecular complexity index is 1620. The van der Waals surface area contributed by atoms with E-state index in [-0.39, 0.29) is 12.5 Å². The normalized spacial score (nSPS) is 14.1. The van der Waals surface area contributed by atoms with Gasteiger partial charge < -0.3 is 29.6 Å². The van der Waals surface area contributed by atoms with Crippen LogP contribution < -0.4 is 29.6 Å². The highest BCUT2D eigenvalue weighted by Crippen LogP contribution is 2.40. The molecule has 0 bridgehead atoms. The maximum atomic E-state index is 13.9. The summed E-state index contributed by atoms with van der Waals surface area (Å²) in [6, 6.07) is 15.2. The number of fused-ring (bicyclic) bond motifs is 1. The largest absolute Gasteiger partial charge is 0.497 e. The van der Waals surface area contributed by atoms with E-state index in [2.05, 4.69) is 20.7 Å². The highest BCUT2D eigenvalue weighted by Gasteiger charge is 2.34. The topological polar surface area (TPSA) is 109 Å². The maximum absolute atomic E-state index is 13.9. The molecule has 0 aliphatic carbocycles. The maximum Gasteiger partial charge on any atom is 0.255 e. The summed E-state index contributed by atoms with van der Waals surface area (Å²) < 4.78 is 24.1. The molecular weight excluding hydrogens is 569 g/mol. The molecule has 12 heteroatoms. The molecule has 0 saturated carbocycles. The van der Waals surface area contributed by atoms with E-state index in [1.54, 1.807) is 67.4 Å². The monoisotopic (exact) mass is 595 g/mol. The van der Waals surface area contributed by atoms with Gasteiger partial charge in [0.05, 0.1) is 32.6 Å². The number of aromatic nitrogens is 3. The molecule has 2 N–H and O–H groups in total. The van der Waals surface area contributed by atoms with Crippen LogP contribution in [0.4, 0.5) is 11.6 Å². The van der Waals surface area contributed by atoms with Crippen LogP contribution in [0.5, 0.6) is 23.0 Å². The summed E-state index contributed by atoms with van der Waals surface area (Å²) in [6.07, 6.45) is 1.43. The van der Waals surface area contributed by atoms with Crippen LogP contribution in [0.25, 0.3) is 0 Å². The number of carbonyl (C=O) groups excluding carboxylic acids is 1. The zero-order valence-electron chi connectivity index (χ0n) is 22.7. The summed E-state index contributed by atoms with van der Waals surface area (Å²) in [5.41, 5.74) is 2.88. The minimum absolute atomic E-state index is 0.143. The van der Waals surface area contributed by atoms with E-state index in [0.717, 1.165) is 5.56 Å². The van der Waals surface area contributed by atoms with Crippen molar-refractivity contribution in [2.75, 3.05) is 32.0 Å². The van der Waals surface area contributed by atoms with Gasteiger partial charge in [-0.15, -0.1) is 0 Å². The second-order valence-electron chi connectivity index (χ2n) is 9.01. The average molecular weight is 596 g/mol. The van der Waals surface area contributed by atoms with E-state index in [9.17, 15) is 4.79 Å². The smallest absolute Gasteiger partial charge is 0.255 e. The van der Waals surface area contributed by atoms with Gasteiger partial charge in [0.15, 0.2) is 11.5 Å². The van der Waals surface area contributed by atoms with Gasteiger partial charge in [0.25, 0.3) is 5.91 Å². The predicted molar refractivity (Wildman–Crippen MR) is 156 cm³/mol. The number of allylic oxidation sites excluding steroid dienone is 1. The van der Waals surface area contributed by atoms with Crippen LogP contribution in [0.15, 0.2) is 72.2 Å². The first-order chi connectivity index (χ1) is 19.8. The molecule has 212 valence electrons. The Labute approximate surface area is 246 Å². The highest BCUT2D eigenvalue weighted by atomic mass is 35.5. The molecule has 3 aromatic carbocycles. The summed E-state index contributed by atoms with van der Waals surface area (Å²) in [5, 5.41) is 11.5. The first-order valence-corrected chi connectivity index (χ1v) is 13.2. The van der Waals surface area contributed by atoms with E-state index >= 15 is 0 Å². The number of anilines is 2. The van der Waals surface area contributed by atoms with E-state index in [0.29, 0.717) is 61.5 Å². The predicted octanol–water partition coefficient (Wildman–Crippen LogP) is 6.12. The Morgan fingerprint density at radius 2 is 1.71 bits per heavy atom. The Morgan fingerprint density at radius 3 is 2.41 bits per heavy atom. The zero-order chi connectivity index (χ0) is 29.1. The van der Waals surface area contributed by atoms with Crippen molar-refractivity contribution in [3.8, 4) is 23.0 Å². The molecular formula is C29H27Cl2N5O5. The SMILES string of the molecule is COc1ccc(OC)c(NC(=O)C2=C(C)Nc3ncnn3[C@H]2c2ccc(OCc3c(Cl)cccc3Cl)c(OC)c2)c1. The zero-order valence-corrected chi connectivity index (χ0v) is 24.2. The highest BCUT2D eigenvalue weighted by molar-refractivity contribution is 6.35. The number of hydrogen-bond acceptors (Lipinski definition) is 8. The molecule has 0 fully saturated rings. The molecule has 0 unspecified atom stereocenters.